The van der Waals surface area contributed by atoms with Crippen molar-refractivity contribution in [2.24, 2.45) is 0 Å². The van der Waals surface area contributed by atoms with Gasteiger partial charge in [0.25, 0.3) is 0 Å². The second-order valence-corrected chi connectivity index (χ2v) is 6.13. The smallest absolute Gasteiger partial charge is 0.176 e. The van der Waals surface area contributed by atoms with Crippen LogP contribution in [0.5, 0.6) is 0 Å². The van der Waals surface area contributed by atoms with Crippen LogP contribution in [0.3, 0.4) is 0 Å². The van der Waals surface area contributed by atoms with Gasteiger partial charge in [0.2, 0.25) is 0 Å². The summed E-state index contributed by atoms with van der Waals surface area (Å²) in [6.45, 7) is 0.660. The molecule has 20 heavy (non-hydrogen) atoms. The Morgan fingerprint density at radius 3 is 2.75 bits per heavy atom. The minimum Gasteiger partial charge on any atom is -0.365 e. The summed E-state index contributed by atoms with van der Waals surface area (Å²) in [6.07, 6.45) is 8.19. The molecule has 1 N–H and O–H groups in total. The van der Waals surface area contributed by atoms with E-state index in [4.69, 9.17) is 0 Å². The lowest BCUT2D eigenvalue weighted by Crippen LogP contribution is -2.16. The predicted molar refractivity (Wildman–Crippen MR) is 83.2 cm³/mol. The van der Waals surface area contributed by atoms with Gasteiger partial charge in [0.15, 0.2) is 5.13 Å². The Morgan fingerprint density at radius 1 is 1.25 bits per heavy atom. The fourth-order valence-electron chi connectivity index (χ4n) is 2.70. The van der Waals surface area contributed by atoms with Gasteiger partial charge >= 0.3 is 0 Å². The highest BCUT2D eigenvalue weighted by Crippen LogP contribution is 2.30. The zero-order chi connectivity index (χ0) is 13.1. The Kier molecular flexibility index (Phi) is 5.43. The number of nitrogens with zero attached hydrogens (tertiary/aromatic N) is 2. The SMILES string of the molecule is Cl.Fc1ccc(CNc2ccnn2C2CCCCC2)s1. The van der Waals surface area contributed by atoms with Crippen LogP contribution in [0.15, 0.2) is 24.4 Å². The molecule has 0 aromatic carbocycles. The second-order valence-electron chi connectivity index (χ2n) is 5.01. The van der Waals surface area contributed by atoms with Crippen LogP contribution in [0.2, 0.25) is 0 Å². The Labute approximate surface area is 128 Å². The van der Waals surface area contributed by atoms with Gasteiger partial charge in [-0.05, 0) is 25.0 Å². The molecular weight excluding hydrogens is 297 g/mol. The van der Waals surface area contributed by atoms with Crippen molar-refractivity contribution >= 4 is 29.6 Å². The summed E-state index contributed by atoms with van der Waals surface area (Å²) in [5.74, 6) is 1.04. The Balaban J connectivity index is 0.00000147. The summed E-state index contributed by atoms with van der Waals surface area (Å²) in [4.78, 5) is 1.01. The van der Waals surface area contributed by atoms with Gasteiger partial charge in [-0.25, -0.2) is 4.68 Å². The van der Waals surface area contributed by atoms with Crippen LogP contribution >= 0.6 is 23.7 Å². The van der Waals surface area contributed by atoms with Gasteiger partial charge in [0.1, 0.15) is 5.82 Å². The summed E-state index contributed by atoms with van der Waals surface area (Å²) in [5.41, 5.74) is 0. The standard InChI is InChI=1S/C14H18FN3S.ClH/c15-13-7-6-12(19-13)10-16-14-8-9-17-18(14)11-4-2-1-3-5-11;/h6-9,11,16H,1-5,10H2;1H. The molecule has 0 aliphatic heterocycles. The van der Waals surface area contributed by atoms with E-state index in [1.54, 1.807) is 0 Å². The van der Waals surface area contributed by atoms with Crippen molar-refractivity contribution in [3.05, 3.63) is 34.4 Å². The lowest BCUT2D eigenvalue weighted by molar-refractivity contribution is 0.332. The summed E-state index contributed by atoms with van der Waals surface area (Å²) < 4.78 is 15.0. The maximum Gasteiger partial charge on any atom is 0.176 e. The molecule has 3 nitrogen and oxygen atoms in total. The largest absolute Gasteiger partial charge is 0.365 e. The van der Waals surface area contributed by atoms with Gasteiger partial charge in [-0.2, -0.15) is 9.49 Å². The van der Waals surface area contributed by atoms with E-state index in [9.17, 15) is 4.39 Å². The van der Waals surface area contributed by atoms with E-state index in [1.807, 2.05) is 18.3 Å². The van der Waals surface area contributed by atoms with E-state index < -0.39 is 0 Å². The van der Waals surface area contributed by atoms with E-state index in [-0.39, 0.29) is 17.5 Å². The van der Waals surface area contributed by atoms with Crippen molar-refractivity contribution < 1.29 is 4.39 Å². The normalized spacial score (nSPS) is 15.8. The van der Waals surface area contributed by atoms with Crippen molar-refractivity contribution in [3.63, 3.8) is 0 Å². The topological polar surface area (TPSA) is 29.9 Å². The highest BCUT2D eigenvalue weighted by molar-refractivity contribution is 7.10. The molecule has 1 aliphatic carbocycles. The van der Waals surface area contributed by atoms with E-state index in [2.05, 4.69) is 15.1 Å². The fraction of sp³-hybridized carbons (Fsp3) is 0.500. The molecule has 1 fully saturated rings. The number of thiophene rings is 1. The predicted octanol–water partition coefficient (Wildman–Crippen LogP) is 4.62. The molecule has 6 heteroatoms. The van der Waals surface area contributed by atoms with Gasteiger partial charge in [0.05, 0.1) is 18.8 Å². The molecule has 2 aromatic heterocycles. The van der Waals surface area contributed by atoms with E-state index in [0.717, 1.165) is 10.7 Å². The number of aromatic nitrogens is 2. The van der Waals surface area contributed by atoms with Crippen molar-refractivity contribution in [1.82, 2.24) is 9.78 Å². The second kappa shape index (κ2) is 7.09. The van der Waals surface area contributed by atoms with Crippen LogP contribution in [0.1, 0.15) is 43.0 Å². The molecule has 2 aromatic rings. The molecule has 0 bridgehead atoms. The minimum atomic E-state index is -0.127. The molecule has 0 spiro atoms. The first-order chi connectivity index (χ1) is 9.33. The van der Waals surface area contributed by atoms with Gasteiger partial charge in [0, 0.05) is 10.9 Å². The van der Waals surface area contributed by atoms with Crippen LogP contribution < -0.4 is 5.32 Å². The van der Waals surface area contributed by atoms with Gasteiger partial charge in [-0.1, -0.05) is 19.3 Å². The molecular formula is C14H19ClFN3S. The molecule has 110 valence electrons. The third-order valence-corrected chi connectivity index (χ3v) is 4.54. The number of hydrogen-bond donors (Lipinski definition) is 1. The first kappa shape index (κ1) is 15.3. The lowest BCUT2D eigenvalue weighted by Gasteiger charge is -2.24. The molecule has 1 aliphatic rings. The summed E-state index contributed by atoms with van der Waals surface area (Å²) in [5, 5.41) is 7.68. The first-order valence-corrected chi connectivity index (χ1v) is 7.66. The third kappa shape index (κ3) is 3.52. The van der Waals surface area contributed by atoms with Crippen LogP contribution in [0.25, 0.3) is 0 Å². The third-order valence-electron chi connectivity index (χ3n) is 3.66. The van der Waals surface area contributed by atoms with Crippen LogP contribution in [0, 0.1) is 5.13 Å². The molecule has 0 radical (unpaired) electrons. The van der Waals surface area contributed by atoms with E-state index in [0.29, 0.717) is 12.6 Å². The highest BCUT2D eigenvalue weighted by Gasteiger charge is 2.18. The fourth-order valence-corrected chi connectivity index (χ4v) is 3.36. The molecule has 1 saturated carbocycles. The van der Waals surface area contributed by atoms with Crippen LogP contribution in [0.4, 0.5) is 10.2 Å². The van der Waals surface area contributed by atoms with E-state index in [1.165, 1.54) is 49.5 Å². The number of nitrogens with one attached hydrogen (secondary N) is 1. The molecule has 3 rings (SSSR count). The van der Waals surface area contributed by atoms with Crippen LogP contribution in [-0.2, 0) is 6.54 Å². The average molecular weight is 316 g/mol. The molecule has 0 atom stereocenters. The van der Waals surface area contributed by atoms with Crippen molar-refractivity contribution in [2.75, 3.05) is 5.32 Å². The Hall–Kier alpha value is -1.07. The number of halogens is 2. The van der Waals surface area contributed by atoms with Crippen molar-refractivity contribution in [1.29, 1.82) is 0 Å². The number of anilines is 1. The maximum atomic E-state index is 12.9. The van der Waals surface area contributed by atoms with Crippen LogP contribution in [-0.4, -0.2) is 9.78 Å². The van der Waals surface area contributed by atoms with Gasteiger partial charge in [-0.15, -0.1) is 23.7 Å². The van der Waals surface area contributed by atoms with Crippen molar-refractivity contribution in [3.8, 4) is 0 Å². The average Bonchev–Trinajstić information content (AvgIpc) is 3.06. The molecule has 0 saturated heterocycles. The number of hydrogen-bond acceptors (Lipinski definition) is 3. The van der Waals surface area contributed by atoms with Crippen molar-refractivity contribution in [2.45, 2.75) is 44.7 Å². The number of rotatable bonds is 4. The minimum absolute atomic E-state index is 0. The summed E-state index contributed by atoms with van der Waals surface area (Å²) >= 11 is 1.19. The maximum absolute atomic E-state index is 12.9. The van der Waals surface area contributed by atoms with Gasteiger partial charge in [-0.3, -0.25) is 0 Å². The molecule has 0 unspecified atom stereocenters. The monoisotopic (exact) mass is 315 g/mol. The quantitative estimate of drug-likeness (QED) is 0.892. The Morgan fingerprint density at radius 2 is 2.05 bits per heavy atom. The summed E-state index contributed by atoms with van der Waals surface area (Å²) in [7, 11) is 0. The molecule has 0 amide bonds. The van der Waals surface area contributed by atoms with E-state index >= 15 is 0 Å². The van der Waals surface area contributed by atoms with Gasteiger partial charge < -0.3 is 5.32 Å². The summed E-state index contributed by atoms with van der Waals surface area (Å²) in [6, 6.07) is 5.86. The zero-order valence-corrected chi connectivity index (χ0v) is 12.9. The highest BCUT2D eigenvalue weighted by atomic mass is 35.5. The lowest BCUT2D eigenvalue weighted by atomic mass is 9.96. The first-order valence-electron chi connectivity index (χ1n) is 6.84. The zero-order valence-electron chi connectivity index (χ0n) is 11.2. The molecule has 2 heterocycles. The Bertz CT molecular complexity index is 534.